The van der Waals surface area contributed by atoms with E-state index in [2.05, 4.69) is 16.3 Å². The van der Waals surface area contributed by atoms with Crippen molar-refractivity contribution in [3.8, 4) is 6.07 Å². The maximum absolute atomic E-state index is 13.1. The number of aromatic nitrogens is 2. The molecular formula is C24H26N6O2S. The second-order valence-corrected chi connectivity index (χ2v) is 10.5. The number of aryl methyl sites for hydroxylation is 1. The molecule has 1 aliphatic heterocycles. The molecule has 0 spiro atoms. The van der Waals surface area contributed by atoms with Gasteiger partial charge in [-0.15, -0.1) is 0 Å². The Morgan fingerprint density at radius 2 is 1.76 bits per heavy atom. The molecule has 2 heterocycles. The van der Waals surface area contributed by atoms with E-state index < -0.39 is 10.0 Å². The van der Waals surface area contributed by atoms with E-state index in [0.29, 0.717) is 54.0 Å². The summed E-state index contributed by atoms with van der Waals surface area (Å²) >= 11 is 0. The standard InChI is InChI=1S/C24H26N6O2S/c1-2-17-3-8-20(9-4-17)33(31,32)30-13-11-29(12-14-30)24-23(26-19-6-7-19)27-21-10-5-18(16-25)15-22(21)28-24/h3-5,8-10,15,19H,2,6-7,11-14H2,1H3,(H,26,27). The third kappa shape index (κ3) is 4.36. The summed E-state index contributed by atoms with van der Waals surface area (Å²) in [5.74, 6) is 1.44. The Hall–Kier alpha value is -3.22. The molecule has 1 aliphatic carbocycles. The first kappa shape index (κ1) is 21.6. The Balaban J connectivity index is 1.39. The van der Waals surface area contributed by atoms with Gasteiger partial charge in [0.25, 0.3) is 0 Å². The largest absolute Gasteiger partial charge is 0.364 e. The van der Waals surface area contributed by atoms with Gasteiger partial charge in [0.1, 0.15) is 0 Å². The molecule has 2 aliphatic rings. The number of hydrogen-bond acceptors (Lipinski definition) is 7. The first-order valence-electron chi connectivity index (χ1n) is 11.3. The van der Waals surface area contributed by atoms with E-state index in [1.807, 2.05) is 25.1 Å². The first-order valence-corrected chi connectivity index (χ1v) is 12.7. The number of anilines is 2. The summed E-state index contributed by atoms with van der Waals surface area (Å²) in [4.78, 5) is 12.0. The van der Waals surface area contributed by atoms with Crippen LogP contribution in [-0.2, 0) is 16.4 Å². The van der Waals surface area contributed by atoms with Crippen LogP contribution in [0, 0.1) is 11.3 Å². The van der Waals surface area contributed by atoms with Gasteiger partial charge < -0.3 is 10.2 Å². The van der Waals surface area contributed by atoms with Crippen LogP contribution in [0.3, 0.4) is 0 Å². The van der Waals surface area contributed by atoms with Crippen molar-refractivity contribution in [2.24, 2.45) is 0 Å². The Kier molecular flexibility index (Phi) is 5.64. The van der Waals surface area contributed by atoms with Crippen LogP contribution in [0.2, 0.25) is 0 Å². The van der Waals surface area contributed by atoms with Crippen molar-refractivity contribution in [3.05, 3.63) is 53.6 Å². The quantitative estimate of drug-likeness (QED) is 0.600. The summed E-state index contributed by atoms with van der Waals surface area (Å²) in [6, 6.07) is 15.0. The van der Waals surface area contributed by atoms with E-state index in [1.165, 1.54) is 0 Å². The lowest BCUT2D eigenvalue weighted by molar-refractivity contribution is 0.384. The average molecular weight is 463 g/mol. The van der Waals surface area contributed by atoms with Crippen LogP contribution >= 0.6 is 0 Å². The van der Waals surface area contributed by atoms with Crippen molar-refractivity contribution in [2.75, 3.05) is 36.4 Å². The molecule has 0 atom stereocenters. The number of nitriles is 1. The van der Waals surface area contributed by atoms with Gasteiger partial charge in [0.05, 0.1) is 27.6 Å². The molecule has 2 fully saturated rings. The molecule has 9 heteroatoms. The van der Waals surface area contributed by atoms with Crippen LogP contribution < -0.4 is 10.2 Å². The number of nitrogens with one attached hydrogen (secondary N) is 1. The third-order valence-corrected chi connectivity index (χ3v) is 8.11. The summed E-state index contributed by atoms with van der Waals surface area (Å²) in [5.41, 5.74) is 3.05. The molecule has 0 bridgehead atoms. The molecule has 1 aromatic heterocycles. The molecule has 2 aromatic carbocycles. The summed E-state index contributed by atoms with van der Waals surface area (Å²) in [6.07, 6.45) is 3.09. The van der Waals surface area contributed by atoms with Crippen LogP contribution in [0.1, 0.15) is 30.9 Å². The Morgan fingerprint density at radius 1 is 1.03 bits per heavy atom. The summed E-state index contributed by atoms with van der Waals surface area (Å²) in [7, 11) is -3.54. The zero-order chi connectivity index (χ0) is 23.0. The van der Waals surface area contributed by atoms with E-state index in [9.17, 15) is 13.7 Å². The molecular weight excluding hydrogens is 436 g/mol. The van der Waals surface area contributed by atoms with Gasteiger partial charge in [0.2, 0.25) is 10.0 Å². The minimum atomic E-state index is -3.54. The maximum Gasteiger partial charge on any atom is 0.243 e. The Bertz CT molecular complexity index is 1320. The fourth-order valence-corrected chi connectivity index (χ4v) is 5.46. The fourth-order valence-electron chi connectivity index (χ4n) is 4.04. The second-order valence-electron chi connectivity index (χ2n) is 8.52. The molecule has 170 valence electrons. The Labute approximate surface area is 193 Å². The average Bonchev–Trinajstić information content (AvgIpc) is 3.67. The van der Waals surface area contributed by atoms with Crippen molar-refractivity contribution in [3.63, 3.8) is 0 Å². The highest BCUT2D eigenvalue weighted by Crippen LogP contribution is 2.32. The van der Waals surface area contributed by atoms with Crippen LogP contribution in [0.15, 0.2) is 47.4 Å². The van der Waals surface area contributed by atoms with Gasteiger partial charge in [-0.05, 0) is 55.2 Å². The van der Waals surface area contributed by atoms with Crippen molar-refractivity contribution < 1.29 is 8.42 Å². The van der Waals surface area contributed by atoms with Crippen LogP contribution in [0.25, 0.3) is 11.0 Å². The molecule has 1 N–H and O–H groups in total. The predicted molar refractivity (Wildman–Crippen MR) is 128 cm³/mol. The zero-order valence-electron chi connectivity index (χ0n) is 18.5. The van der Waals surface area contributed by atoms with Crippen molar-refractivity contribution in [2.45, 2.75) is 37.1 Å². The minimum Gasteiger partial charge on any atom is -0.364 e. The highest BCUT2D eigenvalue weighted by Gasteiger charge is 2.31. The van der Waals surface area contributed by atoms with Gasteiger partial charge in [-0.25, -0.2) is 18.4 Å². The van der Waals surface area contributed by atoms with Gasteiger partial charge in [0.15, 0.2) is 11.6 Å². The number of piperazine rings is 1. The van der Waals surface area contributed by atoms with E-state index in [4.69, 9.17) is 9.97 Å². The van der Waals surface area contributed by atoms with Crippen LogP contribution in [-0.4, -0.2) is 54.9 Å². The van der Waals surface area contributed by atoms with Gasteiger partial charge >= 0.3 is 0 Å². The van der Waals surface area contributed by atoms with E-state index in [0.717, 1.165) is 36.2 Å². The molecule has 1 saturated carbocycles. The number of hydrogen-bond donors (Lipinski definition) is 1. The minimum absolute atomic E-state index is 0.332. The number of sulfonamides is 1. The number of fused-ring (bicyclic) bond motifs is 1. The molecule has 33 heavy (non-hydrogen) atoms. The van der Waals surface area contributed by atoms with E-state index in [1.54, 1.807) is 28.6 Å². The molecule has 5 rings (SSSR count). The molecule has 1 saturated heterocycles. The highest BCUT2D eigenvalue weighted by atomic mass is 32.2. The summed E-state index contributed by atoms with van der Waals surface area (Å²) in [5, 5.41) is 12.7. The smallest absolute Gasteiger partial charge is 0.243 e. The van der Waals surface area contributed by atoms with Gasteiger partial charge in [-0.1, -0.05) is 19.1 Å². The molecule has 0 radical (unpaired) electrons. The highest BCUT2D eigenvalue weighted by molar-refractivity contribution is 7.89. The van der Waals surface area contributed by atoms with Crippen LogP contribution in [0.4, 0.5) is 11.6 Å². The predicted octanol–water partition coefficient (Wildman–Crippen LogP) is 3.15. The Morgan fingerprint density at radius 3 is 2.39 bits per heavy atom. The number of nitrogens with zero attached hydrogens (tertiary/aromatic N) is 5. The van der Waals surface area contributed by atoms with Crippen LogP contribution in [0.5, 0.6) is 0 Å². The van der Waals surface area contributed by atoms with Gasteiger partial charge in [0, 0.05) is 32.2 Å². The monoisotopic (exact) mass is 462 g/mol. The fraction of sp³-hybridized carbons (Fsp3) is 0.375. The molecule has 8 nitrogen and oxygen atoms in total. The summed E-state index contributed by atoms with van der Waals surface area (Å²) < 4.78 is 27.8. The lowest BCUT2D eigenvalue weighted by atomic mass is 10.2. The van der Waals surface area contributed by atoms with E-state index in [-0.39, 0.29) is 0 Å². The first-order chi connectivity index (χ1) is 16.0. The van der Waals surface area contributed by atoms with E-state index >= 15 is 0 Å². The summed E-state index contributed by atoms with van der Waals surface area (Å²) in [6.45, 7) is 3.83. The van der Waals surface area contributed by atoms with Gasteiger partial charge in [-0.3, -0.25) is 0 Å². The van der Waals surface area contributed by atoms with Crippen molar-refractivity contribution in [1.82, 2.24) is 14.3 Å². The normalized spacial score (nSPS) is 17.2. The SMILES string of the molecule is CCc1ccc(S(=O)(=O)N2CCN(c3nc4cc(C#N)ccc4nc3NC3CC3)CC2)cc1. The zero-order valence-corrected chi connectivity index (χ0v) is 19.3. The maximum atomic E-state index is 13.1. The molecule has 0 amide bonds. The molecule has 3 aromatic rings. The lowest BCUT2D eigenvalue weighted by Gasteiger charge is -2.35. The lowest BCUT2D eigenvalue weighted by Crippen LogP contribution is -2.49. The second kappa shape index (κ2) is 8.61. The molecule has 0 unspecified atom stereocenters. The van der Waals surface area contributed by atoms with Crippen molar-refractivity contribution in [1.29, 1.82) is 5.26 Å². The third-order valence-electron chi connectivity index (χ3n) is 6.20. The number of benzene rings is 2. The topological polar surface area (TPSA) is 102 Å². The number of rotatable bonds is 6. The van der Waals surface area contributed by atoms with Gasteiger partial charge in [-0.2, -0.15) is 9.57 Å². The van der Waals surface area contributed by atoms with Crippen molar-refractivity contribution >= 4 is 32.7 Å².